The normalized spacial score (nSPS) is 21.7. The van der Waals surface area contributed by atoms with Crippen LogP contribution in [0.5, 0.6) is 5.75 Å². The zero-order valence-electron chi connectivity index (χ0n) is 13.4. The SMILES string of the molecule is NOP(=O)(O)Oc1cc(F)ccc1/C=C1\SC(N2CCCCN2)=NC1=O. The van der Waals surface area contributed by atoms with Gasteiger partial charge in [-0.3, -0.25) is 14.7 Å². The van der Waals surface area contributed by atoms with E-state index in [0.29, 0.717) is 5.17 Å². The van der Waals surface area contributed by atoms with Gasteiger partial charge in [0.25, 0.3) is 5.91 Å². The van der Waals surface area contributed by atoms with E-state index in [9.17, 15) is 18.6 Å². The Bertz CT molecular complexity index is 828. The van der Waals surface area contributed by atoms with Crippen molar-refractivity contribution in [2.45, 2.75) is 12.8 Å². The molecule has 2 aliphatic heterocycles. The number of carbonyl (C=O) groups excluding carboxylic acids is 1. The summed E-state index contributed by atoms with van der Waals surface area (Å²) in [5.41, 5.74) is 3.36. The van der Waals surface area contributed by atoms with Gasteiger partial charge >= 0.3 is 7.82 Å². The lowest BCUT2D eigenvalue weighted by Gasteiger charge is -2.28. The average Bonchev–Trinajstić information content (AvgIpc) is 2.98. The largest absolute Gasteiger partial charge is 0.544 e. The van der Waals surface area contributed by atoms with Gasteiger partial charge in [-0.05, 0) is 42.8 Å². The monoisotopic (exact) mass is 402 g/mol. The van der Waals surface area contributed by atoms with Gasteiger partial charge in [0.1, 0.15) is 11.6 Å². The fourth-order valence-corrected chi connectivity index (χ4v) is 3.72. The van der Waals surface area contributed by atoms with Crippen LogP contribution in [0.4, 0.5) is 4.39 Å². The zero-order chi connectivity index (χ0) is 18.7. The van der Waals surface area contributed by atoms with E-state index in [1.54, 1.807) is 5.01 Å². The lowest BCUT2D eigenvalue weighted by Crippen LogP contribution is -2.45. The number of benzene rings is 1. The van der Waals surface area contributed by atoms with Crippen LogP contribution in [0.15, 0.2) is 28.1 Å². The number of carbonyl (C=O) groups is 1. The molecule has 1 saturated heterocycles. The number of amides is 1. The van der Waals surface area contributed by atoms with E-state index >= 15 is 0 Å². The molecule has 1 aromatic carbocycles. The lowest BCUT2D eigenvalue weighted by atomic mass is 10.2. The van der Waals surface area contributed by atoms with Crippen LogP contribution in [0.2, 0.25) is 0 Å². The van der Waals surface area contributed by atoms with E-state index in [4.69, 9.17) is 10.4 Å². The predicted molar refractivity (Wildman–Crippen MR) is 94.1 cm³/mol. The van der Waals surface area contributed by atoms with Crippen molar-refractivity contribution in [3.05, 3.63) is 34.5 Å². The highest BCUT2D eigenvalue weighted by Gasteiger charge is 2.28. The Morgan fingerprint density at radius 2 is 2.27 bits per heavy atom. The third-order valence-corrected chi connectivity index (χ3v) is 5.26. The number of hydrogen-bond donors (Lipinski definition) is 3. The Hall–Kier alpha value is -1.75. The summed E-state index contributed by atoms with van der Waals surface area (Å²) >= 11 is 1.14. The molecule has 0 saturated carbocycles. The highest BCUT2D eigenvalue weighted by atomic mass is 32.2. The van der Waals surface area contributed by atoms with Crippen LogP contribution in [0.1, 0.15) is 18.4 Å². The molecular formula is C14H16FN4O5PS. The topological polar surface area (TPSA) is 126 Å². The van der Waals surface area contributed by atoms with Gasteiger partial charge in [0.05, 0.1) is 4.91 Å². The number of aliphatic imine (C=N–C) groups is 1. The van der Waals surface area contributed by atoms with E-state index in [2.05, 4.69) is 15.0 Å². The van der Waals surface area contributed by atoms with Gasteiger partial charge in [-0.15, -0.1) is 0 Å². The molecule has 0 spiro atoms. The number of halogens is 1. The third-order valence-electron chi connectivity index (χ3n) is 3.56. The van der Waals surface area contributed by atoms with Crippen molar-refractivity contribution < 1.29 is 27.8 Å². The molecule has 12 heteroatoms. The van der Waals surface area contributed by atoms with Crippen LogP contribution in [-0.4, -0.2) is 34.1 Å². The van der Waals surface area contributed by atoms with Crippen molar-refractivity contribution >= 4 is 36.7 Å². The number of hydrogen-bond acceptors (Lipinski definition) is 8. The molecule has 9 nitrogen and oxygen atoms in total. The molecule has 1 aromatic rings. The summed E-state index contributed by atoms with van der Waals surface area (Å²) in [7, 11) is -4.59. The second-order valence-corrected chi connectivity index (χ2v) is 7.76. The Morgan fingerprint density at radius 1 is 1.46 bits per heavy atom. The molecule has 0 aromatic heterocycles. The smallest absolute Gasteiger partial charge is 0.402 e. The van der Waals surface area contributed by atoms with Gasteiger partial charge in [0.2, 0.25) is 0 Å². The highest BCUT2D eigenvalue weighted by molar-refractivity contribution is 8.18. The van der Waals surface area contributed by atoms with E-state index in [0.717, 1.165) is 49.8 Å². The van der Waals surface area contributed by atoms with Crippen molar-refractivity contribution in [1.29, 1.82) is 0 Å². The summed E-state index contributed by atoms with van der Waals surface area (Å²) in [6, 6.07) is 3.33. The van der Waals surface area contributed by atoms with Crippen LogP contribution < -0.4 is 15.8 Å². The van der Waals surface area contributed by atoms with Crippen LogP contribution in [0.25, 0.3) is 6.08 Å². The molecule has 0 aliphatic carbocycles. The van der Waals surface area contributed by atoms with Crippen molar-refractivity contribution in [2.24, 2.45) is 10.9 Å². The van der Waals surface area contributed by atoms with Crippen molar-refractivity contribution in [2.75, 3.05) is 13.1 Å². The number of nitrogens with zero attached hydrogens (tertiary/aromatic N) is 2. The number of thioether (sulfide) groups is 1. The molecule has 1 fully saturated rings. The first-order valence-electron chi connectivity index (χ1n) is 7.62. The predicted octanol–water partition coefficient (Wildman–Crippen LogP) is 1.77. The van der Waals surface area contributed by atoms with E-state index < -0.39 is 19.5 Å². The van der Waals surface area contributed by atoms with Crippen LogP contribution in [0, 0.1) is 5.82 Å². The van der Waals surface area contributed by atoms with Crippen molar-refractivity contribution in [1.82, 2.24) is 10.4 Å². The quantitative estimate of drug-likeness (QED) is 0.392. The zero-order valence-corrected chi connectivity index (χ0v) is 15.1. The molecule has 4 N–H and O–H groups in total. The summed E-state index contributed by atoms with van der Waals surface area (Å²) in [5.74, 6) is 3.25. The van der Waals surface area contributed by atoms with E-state index in [1.165, 1.54) is 12.1 Å². The maximum absolute atomic E-state index is 13.5. The van der Waals surface area contributed by atoms with Gasteiger partial charge in [0.15, 0.2) is 5.17 Å². The molecule has 1 unspecified atom stereocenters. The second kappa shape index (κ2) is 7.87. The molecule has 26 heavy (non-hydrogen) atoms. The molecule has 2 heterocycles. The fourth-order valence-electron chi connectivity index (χ4n) is 2.36. The average molecular weight is 402 g/mol. The summed E-state index contributed by atoms with van der Waals surface area (Å²) in [6.45, 7) is 1.53. The summed E-state index contributed by atoms with van der Waals surface area (Å²) in [6.07, 6.45) is 3.44. The maximum Gasteiger partial charge on any atom is 0.544 e. The number of nitrogens with one attached hydrogen (secondary N) is 1. The van der Waals surface area contributed by atoms with Crippen molar-refractivity contribution in [3.63, 3.8) is 0 Å². The van der Waals surface area contributed by atoms with E-state index in [1.807, 2.05) is 0 Å². The Kier molecular flexibility index (Phi) is 5.76. The molecule has 0 radical (unpaired) electrons. The molecular weight excluding hydrogens is 386 g/mol. The standard InChI is InChI=1S/C14H16FN4O5PS/c15-10-4-3-9(11(8-10)23-25(21,22)24-16)7-12-13(20)18-14(26-12)19-6-2-1-5-17-19/h3-4,7-8,17H,1-2,5-6,16H2,(H,21,22)/b12-7-. The second-order valence-electron chi connectivity index (χ2n) is 5.42. The Balaban J connectivity index is 1.84. The number of rotatable bonds is 4. The van der Waals surface area contributed by atoms with Gasteiger partial charge in [-0.2, -0.15) is 9.62 Å². The Labute approximate surface area is 152 Å². The molecule has 3 rings (SSSR count). The minimum atomic E-state index is -4.59. The number of phosphoric acid groups is 1. The van der Waals surface area contributed by atoms with Gasteiger partial charge in [-0.1, -0.05) is 0 Å². The minimum Gasteiger partial charge on any atom is -0.402 e. The molecule has 2 aliphatic rings. The molecule has 140 valence electrons. The van der Waals surface area contributed by atoms with Crippen molar-refractivity contribution in [3.8, 4) is 5.75 Å². The number of amidine groups is 1. The molecule has 1 amide bonds. The summed E-state index contributed by atoms with van der Waals surface area (Å²) in [5, 5.41) is 2.32. The number of nitrogens with two attached hydrogens (primary N) is 1. The fraction of sp³-hybridized carbons (Fsp3) is 0.286. The number of phosphoric ester groups is 1. The molecule has 0 bridgehead atoms. The lowest BCUT2D eigenvalue weighted by molar-refractivity contribution is -0.113. The van der Waals surface area contributed by atoms with E-state index in [-0.39, 0.29) is 16.2 Å². The third kappa shape index (κ3) is 4.50. The first-order valence-corrected chi connectivity index (χ1v) is 9.93. The Morgan fingerprint density at radius 3 is 2.96 bits per heavy atom. The van der Waals surface area contributed by atoms with Crippen LogP contribution >= 0.6 is 19.6 Å². The highest BCUT2D eigenvalue weighted by Crippen LogP contribution is 2.44. The first-order chi connectivity index (χ1) is 12.4. The number of hydrazine groups is 1. The summed E-state index contributed by atoms with van der Waals surface area (Å²) < 4.78 is 33.6. The minimum absolute atomic E-state index is 0.205. The molecule has 1 atom stereocenters. The maximum atomic E-state index is 13.5. The van der Waals surface area contributed by atoms with Gasteiger partial charge < -0.3 is 4.52 Å². The van der Waals surface area contributed by atoms with Crippen LogP contribution in [0.3, 0.4) is 0 Å². The summed E-state index contributed by atoms with van der Waals surface area (Å²) in [4.78, 5) is 25.8. The van der Waals surface area contributed by atoms with Gasteiger partial charge in [0, 0.05) is 24.7 Å². The van der Waals surface area contributed by atoms with Gasteiger partial charge in [-0.25, -0.2) is 20.3 Å². The first kappa shape index (κ1) is 19.0. The van der Waals surface area contributed by atoms with Crippen LogP contribution in [-0.2, 0) is 14.0 Å².